The molecule has 1 saturated heterocycles. The number of carbonyl (C=O) groups is 1. The number of anilines is 2. The highest BCUT2D eigenvalue weighted by molar-refractivity contribution is 5.95. The Morgan fingerprint density at radius 3 is 2.82 bits per heavy atom. The van der Waals surface area contributed by atoms with Crippen molar-refractivity contribution in [3.8, 4) is 0 Å². The van der Waals surface area contributed by atoms with E-state index in [-0.39, 0.29) is 5.91 Å². The second-order valence-corrected chi connectivity index (χ2v) is 5.62. The Morgan fingerprint density at radius 1 is 1.23 bits per heavy atom. The van der Waals surface area contributed by atoms with Crippen LogP contribution >= 0.6 is 0 Å². The van der Waals surface area contributed by atoms with Crippen molar-refractivity contribution in [2.75, 3.05) is 11.9 Å². The summed E-state index contributed by atoms with van der Waals surface area (Å²) in [6.07, 6.45) is 6.74. The SMILES string of the molecule is C[C@H]1CCCCN1C(=O)c1cccc(Nc2ncccn2)c1. The fraction of sp³-hybridized carbons (Fsp3) is 0.353. The summed E-state index contributed by atoms with van der Waals surface area (Å²) in [6.45, 7) is 2.97. The molecule has 1 atom stereocenters. The van der Waals surface area contributed by atoms with Crippen molar-refractivity contribution in [1.82, 2.24) is 14.9 Å². The van der Waals surface area contributed by atoms with Crippen LogP contribution in [0.3, 0.4) is 0 Å². The second-order valence-electron chi connectivity index (χ2n) is 5.62. The van der Waals surface area contributed by atoms with E-state index in [1.807, 2.05) is 29.2 Å². The molecule has 1 aromatic heterocycles. The molecule has 0 spiro atoms. The van der Waals surface area contributed by atoms with Crippen LogP contribution in [0.1, 0.15) is 36.5 Å². The average molecular weight is 296 g/mol. The van der Waals surface area contributed by atoms with E-state index < -0.39 is 0 Å². The molecular formula is C17H20N4O. The van der Waals surface area contributed by atoms with Crippen molar-refractivity contribution in [3.05, 3.63) is 48.3 Å². The molecule has 1 aromatic carbocycles. The fourth-order valence-electron chi connectivity index (χ4n) is 2.79. The summed E-state index contributed by atoms with van der Waals surface area (Å²) in [5, 5.41) is 3.12. The molecule has 22 heavy (non-hydrogen) atoms. The highest BCUT2D eigenvalue weighted by Gasteiger charge is 2.24. The van der Waals surface area contributed by atoms with Gasteiger partial charge in [-0.3, -0.25) is 4.79 Å². The van der Waals surface area contributed by atoms with Gasteiger partial charge in [-0.2, -0.15) is 0 Å². The van der Waals surface area contributed by atoms with Crippen molar-refractivity contribution < 1.29 is 4.79 Å². The molecular weight excluding hydrogens is 276 g/mol. The van der Waals surface area contributed by atoms with Crippen LogP contribution in [0, 0.1) is 0 Å². The van der Waals surface area contributed by atoms with Gasteiger partial charge in [0, 0.05) is 36.2 Å². The van der Waals surface area contributed by atoms with Crippen molar-refractivity contribution in [2.45, 2.75) is 32.2 Å². The smallest absolute Gasteiger partial charge is 0.254 e. The Bertz CT molecular complexity index is 644. The lowest BCUT2D eigenvalue weighted by Crippen LogP contribution is -2.42. The highest BCUT2D eigenvalue weighted by atomic mass is 16.2. The highest BCUT2D eigenvalue weighted by Crippen LogP contribution is 2.21. The normalized spacial score (nSPS) is 18.0. The van der Waals surface area contributed by atoms with Crippen LogP contribution in [-0.4, -0.2) is 33.4 Å². The lowest BCUT2D eigenvalue weighted by atomic mass is 10.0. The number of aromatic nitrogens is 2. The maximum Gasteiger partial charge on any atom is 0.254 e. The molecule has 114 valence electrons. The fourth-order valence-corrected chi connectivity index (χ4v) is 2.79. The molecule has 0 saturated carbocycles. The van der Waals surface area contributed by atoms with Gasteiger partial charge in [-0.25, -0.2) is 9.97 Å². The van der Waals surface area contributed by atoms with Crippen LogP contribution in [0.15, 0.2) is 42.7 Å². The van der Waals surface area contributed by atoms with Crippen LogP contribution in [0.5, 0.6) is 0 Å². The molecule has 5 nitrogen and oxygen atoms in total. The van der Waals surface area contributed by atoms with Crippen LogP contribution in [0.4, 0.5) is 11.6 Å². The number of benzene rings is 1. The van der Waals surface area contributed by atoms with E-state index in [0.717, 1.165) is 25.1 Å². The maximum atomic E-state index is 12.7. The number of nitrogens with zero attached hydrogens (tertiary/aromatic N) is 3. The third kappa shape index (κ3) is 3.24. The largest absolute Gasteiger partial charge is 0.336 e. The van der Waals surface area contributed by atoms with E-state index in [2.05, 4.69) is 22.2 Å². The number of carbonyl (C=O) groups excluding carboxylic acids is 1. The van der Waals surface area contributed by atoms with E-state index >= 15 is 0 Å². The molecule has 1 N–H and O–H groups in total. The van der Waals surface area contributed by atoms with Gasteiger partial charge in [0.25, 0.3) is 5.91 Å². The Morgan fingerprint density at radius 2 is 2.05 bits per heavy atom. The van der Waals surface area contributed by atoms with Crippen molar-refractivity contribution in [2.24, 2.45) is 0 Å². The molecule has 2 aromatic rings. The molecule has 1 amide bonds. The minimum atomic E-state index is 0.102. The molecule has 0 unspecified atom stereocenters. The molecule has 0 radical (unpaired) electrons. The lowest BCUT2D eigenvalue weighted by molar-refractivity contribution is 0.0635. The molecule has 0 bridgehead atoms. The summed E-state index contributed by atoms with van der Waals surface area (Å²) >= 11 is 0. The van der Waals surface area contributed by atoms with Gasteiger partial charge in [0.1, 0.15) is 0 Å². The van der Waals surface area contributed by atoms with Crippen LogP contribution in [0.2, 0.25) is 0 Å². The van der Waals surface area contributed by atoms with Gasteiger partial charge < -0.3 is 10.2 Å². The van der Waals surface area contributed by atoms with E-state index in [4.69, 9.17) is 0 Å². The van der Waals surface area contributed by atoms with Crippen molar-refractivity contribution in [1.29, 1.82) is 0 Å². The maximum absolute atomic E-state index is 12.7. The Hall–Kier alpha value is -2.43. The van der Waals surface area contributed by atoms with Gasteiger partial charge in [-0.1, -0.05) is 6.07 Å². The summed E-state index contributed by atoms with van der Waals surface area (Å²) in [5.41, 5.74) is 1.52. The van der Waals surface area contributed by atoms with Gasteiger partial charge in [-0.15, -0.1) is 0 Å². The number of rotatable bonds is 3. The zero-order valence-electron chi connectivity index (χ0n) is 12.7. The van der Waals surface area contributed by atoms with Crippen LogP contribution in [-0.2, 0) is 0 Å². The average Bonchev–Trinajstić information content (AvgIpc) is 2.56. The Labute approximate surface area is 130 Å². The topological polar surface area (TPSA) is 58.1 Å². The number of amides is 1. The van der Waals surface area contributed by atoms with Crippen molar-refractivity contribution >= 4 is 17.5 Å². The number of nitrogens with one attached hydrogen (secondary N) is 1. The van der Waals surface area contributed by atoms with Gasteiger partial charge in [0.2, 0.25) is 5.95 Å². The molecule has 3 rings (SSSR count). The van der Waals surface area contributed by atoms with Crippen molar-refractivity contribution in [3.63, 3.8) is 0 Å². The monoisotopic (exact) mass is 296 g/mol. The first-order chi connectivity index (χ1) is 10.7. The Kier molecular flexibility index (Phi) is 4.32. The number of piperidine rings is 1. The molecule has 1 fully saturated rings. The summed E-state index contributed by atoms with van der Waals surface area (Å²) < 4.78 is 0. The standard InChI is InChI=1S/C17H20N4O/c1-13-6-2-3-11-21(13)16(22)14-7-4-8-15(12-14)20-17-18-9-5-10-19-17/h4-5,7-10,12-13H,2-3,6,11H2,1H3,(H,18,19,20)/t13-/m0/s1. The summed E-state index contributed by atoms with van der Waals surface area (Å²) in [4.78, 5) is 22.9. The summed E-state index contributed by atoms with van der Waals surface area (Å²) in [7, 11) is 0. The Balaban J connectivity index is 1.77. The lowest BCUT2D eigenvalue weighted by Gasteiger charge is -2.33. The summed E-state index contributed by atoms with van der Waals surface area (Å²) in [5.74, 6) is 0.628. The molecule has 5 heteroatoms. The van der Waals surface area contributed by atoms with Gasteiger partial charge >= 0.3 is 0 Å². The van der Waals surface area contributed by atoms with Gasteiger partial charge in [-0.05, 0) is 50.5 Å². The molecule has 2 heterocycles. The third-order valence-corrected chi connectivity index (χ3v) is 4.00. The zero-order chi connectivity index (χ0) is 15.4. The number of hydrogen-bond donors (Lipinski definition) is 1. The predicted octanol–water partition coefficient (Wildman–Crippen LogP) is 3.23. The molecule has 1 aliphatic rings. The quantitative estimate of drug-likeness (QED) is 0.944. The number of hydrogen-bond acceptors (Lipinski definition) is 4. The van der Waals surface area contributed by atoms with Crippen LogP contribution < -0.4 is 5.32 Å². The van der Waals surface area contributed by atoms with Crippen LogP contribution in [0.25, 0.3) is 0 Å². The summed E-state index contributed by atoms with van der Waals surface area (Å²) in [6, 6.07) is 9.60. The van der Waals surface area contributed by atoms with E-state index in [1.54, 1.807) is 18.5 Å². The van der Waals surface area contributed by atoms with Gasteiger partial charge in [0.15, 0.2) is 0 Å². The van der Waals surface area contributed by atoms with E-state index in [1.165, 1.54) is 6.42 Å². The second kappa shape index (κ2) is 6.56. The zero-order valence-corrected chi connectivity index (χ0v) is 12.7. The predicted molar refractivity (Wildman–Crippen MR) is 86.1 cm³/mol. The van der Waals surface area contributed by atoms with E-state index in [9.17, 15) is 4.79 Å². The van der Waals surface area contributed by atoms with E-state index in [0.29, 0.717) is 17.6 Å². The molecule has 0 aliphatic carbocycles. The first-order valence-electron chi connectivity index (χ1n) is 7.69. The van der Waals surface area contributed by atoms with Gasteiger partial charge in [0.05, 0.1) is 0 Å². The third-order valence-electron chi connectivity index (χ3n) is 4.00. The minimum absolute atomic E-state index is 0.102. The first-order valence-corrected chi connectivity index (χ1v) is 7.69. The first kappa shape index (κ1) is 14.5. The molecule has 1 aliphatic heterocycles. The minimum Gasteiger partial charge on any atom is -0.336 e. The number of likely N-dealkylation sites (tertiary alicyclic amines) is 1.